The van der Waals surface area contributed by atoms with Gasteiger partial charge in [-0.15, -0.1) is 0 Å². The number of carbonyl (C=O) groups excluding carboxylic acids is 1. The molecule has 0 unspecified atom stereocenters. The van der Waals surface area contributed by atoms with Crippen molar-refractivity contribution in [1.82, 2.24) is 24.5 Å². The second-order valence-corrected chi connectivity index (χ2v) is 5.78. The van der Waals surface area contributed by atoms with Crippen LogP contribution in [0.3, 0.4) is 0 Å². The van der Waals surface area contributed by atoms with Gasteiger partial charge in [0.2, 0.25) is 5.91 Å². The average molecular weight is 287 g/mol. The molecule has 3 rings (SSSR count). The first-order chi connectivity index (χ1) is 10.0. The molecule has 0 N–H and O–H groups in total. The SMILES string of the molecule is Cc1cc(C)n(CC(=O)N2CCC[C@H]2c2cnn(C)c2)n1. The van der Waals surface area contributed by atoms with E-state index in [0.717, 1.165) is 36.3 Å². The van der Waals surface area contributed by atoms with Crippen molar-refractivity contribution < 1.29 is 4.79 Å². The van der Waals surface area contributed by atoms with Crippen LogP contribution >= 0.6 is 0 Å². The van der Waals surface area contributed by atoms with Crippen LogP contribution in [0.5, 0.6) is 0 Å². The predicted molar refractivity (Wildman–Crippen MR) is 78.6 cm³/mol. The van der Waals surface area contributed by atoms with Crippen LogP contribution in [0, 0.1) is 13.8 Å². The summed E-state index contributed by atoms with van der Waals surface area (Å²) in [6, 6.07) is 2.15. The smallest absolute Gasteiger partial charge is 0.244 e. The van der Waals surface area contributed by atoms with E-state index in [1.54, 1.807) is 9.36 Å². The maximum absolute atomic E-state index is 12.6. The molecule has 0 radical (unpaired) electrons. The summed E-state index contributed by atoms with van der Waals surface area (Å²) in [4.78, 5) is 14.6. The molecular weight excluding hydrogens is 266 g/mol. The Hall–Kier alpha value is -2.11. The van der Waals surface area contributed by atoms with E-state index in [1.807, 2.05) is 44.3 Å². The van der Waals surface area contributed by atoms with E-state index in [0.29, 0.717) is 6.54 Å². The molecule has 0 aliphatic carbocycles. The van der Waals surface area contributed by atoms with Crippen molar-refractivity contribution in [3.63, 3.8) is 0 Å². The second-order valence-electron chi connectivity index (χ2n) is 5.78. The molecule has 0 spiro atoms. The fourth-order valence-corrected chi connectivity index (χ4v) is 3.08. The Morgan fingerprint density at radius 3 is 2.86 bits per heavy atom. The predicted octanol–water partition coefficient (Wildman–Crippen LogP) is 1.60. The van der Waals surface area contributed by atoms with Crippen LogP contribution in [-0.4, -0.2) is 36.9 Å². The van der Waals surface area contributed by atoms with E-state index in [2.05, 4.69) is 10.2 Å². The molecule has 0 bridgehead atoms. The van der Waals surface area contributed by atoms with Crippen molar-refractivity contribution >= 4 is 5.91 Å². The maximum atomic E-state index is 12.6. The van der Waals surface area contributed by atoms with Gasteiger partial charge in [-0.3, -0.25) is 14.2 Å². The third kappa shape index (κ3) is 2.70. The Morgan fingerprint density at radius 2 is 2.24 bits per heavy atom. The van der Waals surface area contributed by atoms with Crippen LogP contribution in [0.2, 0.25) is 0 Å². The van der Waals surface area contributed by atoms with Crippen molar-refractivity contribution in [2.75, 3.05) is 6.54 Å². The Balaban J connectivity index is 1.75. The highest BCUT2D eigenvalue weighted by Crippen LogP contribution is 2.31. The summed E-state index contributed by atoms with van der Waals surface area (Å²) < 4.78 is 3.58. The van der Waals surface area contributed by atoms with Gasteiger partial charge in [-0.1, -0.05) is 0 Å². The standard InChI is InChI=1S/C15H21N5O/c1-11-7-12(2)20(17-11)10-15(21)19-6-4-5-14(19)13-8-16-18(3)9-13/h7-9,14H,4-6,10H2,1-3H3/t14-/m0/s1. The topological polar surface area (TPSA) is 56.0 Å². The van der Waals surface area contributed by atoms with Gasteiger partial charge in [-0.2, -0.15) is 10.2 Å². The van der Waals surface area contributed by atoms with Gasteiger partial charge >= 0.3 is 0 Å². The average Bonchev–Trinajstić information content (AvgIpc) is 3.10. The largest absolute Gasteiger partial charge is 0.334 e. The molecule has 2 aromatic rings. The minimum Gasteiger partial charge on any atom is -0.334 e. The summed E-state index contributed by atoms with van der Waals surface area (Å²) >= 11 is 0. The number of carbonyl (C=O) groups is 1. The third-order valence-corrected chi connectivity index (χ3v) is 4.07. The van der Waals surface area contributed by atoms with Crippen LogP contribution in [0.1, 0.15) is 35.8 Å². The molecule has 1 aliphatic rings. The molecule has 6 heteroatoms. The van der Waals surface area contributed by atoms with Crippen LogP contribution in [0.25, 0.3) is 0 Å². The Bertz CT molecular complexity index is 657. The number of amides is 1. The van der Waals surface area contributed by atoms with Gasteiger partial charge < -0.3 is 4.90 Å². The lowest BCUT2D eigenvalue weighted by Crippen LogP contribution is -2.33. The first-order valence-electron chi connectivity index (χ1n) is 7.33. The van der Waals surface area contributed by atoms with Crippen molar-refractivity contribution in [2.45, 2.75) is 39.3 Å². The van der Waals surface area contributed by atoms with E-state index >= 15 is 0 Å². The molecule has 21 heavy (non-hydrogen) atoms. The third-order valence-electron chi connectivity index (χ3n) is 4.07. The molecule has 1 fully saturated rings. The van der Waals surface area contributed by atoms with Crippen LogP contribution < -0.4 is 0 Å². The zero-order valence-electron chi connectivity index (χ0n) is 12.8. The zero-order chi connectivity index (χ0) is 15.0. The number of aromatic nitrogens is 4. The van der Waals surface area contributed by atoms with Crippen LogP contribution in [0.15, 0.2) is 18.5 Å². The number of likely N-dealkylation sites (tertiary alicyclic amines) is 1. The van der Waals surface area contributed by atoms with Gasteiger partial charge in [-0.05, 0) is 32.8 Å². The molecule has 1 amide bonds. The molecule has 6 nitrogen and oxygen atoms in total. The fourth-order valence-electron chi connectivity index (χ4n) is 3.08. The van der Waals surface area contributed by atoms with Gasteiger partial charge in [0, 0.05) is 31.0 Å². The minimum atomic E-state index is 0.132. The summed E-state index contributed by atoms with van der Waals surface area (Å²) in [5.41, 5.74) is 3.10. The summed E-state index contributed by atoms with van der Waals surface area (Å²) in [6.45, 7) is 5.06. The lowest BCUT2D eigenvalue weighted by Gasteiger charge is -2.24. The highest BCUT2D eigenvalue weighted by molar-refractivity contribution is 5.76. The van der Waals surface area contributed by atoms with Crippen molar-refractivity contribution in [2.24, 2.45) is 7.05 Å². The van der Waals surface area contributed by atoms with Gasteiger partial charge in [0.1, 0.15) is 6.54 Å². The molecule has 112 valence electrons. The highest BCUT2D eigenvalue weighted by Gasteiger charge is 2.30. The molecule has 1 atom stereocenters. The summed E-state index contributed by atoms with van der Waals surface area (Å²) in [6.07, 6.45) is 5.91. The molecule has 2 aromatic heterocycles. The van der Waals surface area contributed by atoms with Crippen LogP contribution in [-0.2, 0) is 18.4 Å². The summed E-state index contributed by atoms with van der Waals surface area (Å²) in [7, 11) is 1.90. The van der Waals surface area contributed by atoms with Crippen molar-refractivity contribution in [3.05, 3.63) is 35.4 Å². The van der Waals surface area contributed by atoms with Gasteiger partial charge in [0.25, 0.3) is 0 Å². The van der Waals surface area contributed by atoms with Gasteiger partial charge in [0.05, 0.1) is 17.9 Å². The number of rotatable bonds is 3. The Labute approximate surface area is 124 Å². The lowest BCUT2D eigenvalue weighted by molar-refractivity contribution is -0.133. The van der Waals surface area contributed by atoms with E-state index in [4.69, 9.17) is 0 Å². The van der Waals surface area contributed by atoms with Crippen LogP contribution in [0.4, 0.5) is 0 Å². The quantitative estimate of drug-likeness (QED) is 0.861. The number of aryl methyl sites for hydroxylation is 3. The van der Waals surface area contributed by atoms with Crippen molar-refractivity contribution in [3.8, 4) is 0 Å². The molecule has 3 heterocycles. The second kappa shape index (κ2) is 5.35. The van der Waals surface area contributed by atoms with Gasteiger partial charge in [-0.25, -0.2) is 0 Å². The Kier molecular flexibility index (Phi) is 3.53. The number of nitrogens with zero attached hydrogens (tertiary/aromatic N) is 5. The monoisotopic (exact) mass is 287 g/mol. The van der Waals surface area contributed by atoms with Gasteiger partial charge in [0.15, 0.2) is 0 Å². The normalized spacial score (nSPS) is 18.4. The van der Waals surface area contributed by atoms with E-state index in [9.17, 15) is 4.79 Å². The zero-order valence-corrected chi connectivity index (χ0v) is 12.8. The minimum absolute atomic E-state index is 0.132. The summed E-state index contributed by atoms with van der Waals surface area (Å²) in [5.74, 6) is 0.132. The van der Waals surface area contributed by atoms with E-state index in [1.165, 1.54) is 0 Å². The molecule has 0 saturated carbocycles. The molecular formula is C15H21N5O. The molecule has 1 aliphatic heterocycles. The summed E-state index contributed by atoms with van der Waals surface area (Å²) in [5, 5.41) is 8.59. The first-order valence-corrected chi connectivity index (χ1v) is 7.33. The molecule has 1 saturated heterocycles. The highest BCUT2D eigenvalue weighted by atomic mass is 16.2. The lowest BCUT2D eigenvalue weighted by atomic mass is 10.1. The van der Waals surface area contributed by atoms with E-state index in [-0.39, 0.29) is 11.9 Å². The molecule has 0 aromatic carbocycles. The van der Waals surface area contributed by atoms with E-state index < -0.39 is 0 Å². The van der Waals surface area contributed by atoms with Crippen molar-refractivity contribution in [1.29, 1.82) is 0 Å². The maximum Gasteiger partial charge on any atom is 0.244 e. The number of hydrogen-bond donors (Lipinski definition) is 0. The fraction of sp³-hybridized carbons (Fsp3) is 0.533. The Morgan fingerprint density at radius 1 is 1.43 bits per heavy atom. The number of hydrogen-bond acceptors (Lipinski definition) is 3. The first kappa shape index (κ1) is 13.9.